The molecule has 0 unspecified atom stereocenters. The number of rotatable bonds is 3. The Morgan fingerprint density at radius 2 is 1.77 bits per heavy atom. The Labute approximate surface area is 126 Å². The minimum Gasteiger partial charge on any atom is -0.351 e. The van der Waals surface area contributed by atoms with Gasteiger partial charge in [0.2, 0.25) is 5.95 Å². The van der Waals surface area contributed by atoms with Gasteiger partial charge in [0.25, 0.3) is 0 Å². The van der Waals surface area contributed by atoms with Gasteiger partial charge < -0.3 is 15.3 Å². The molecule has 2 heterocycles. The van der Waals surface area contributed by atoms with Gasteiger partial charge in [-0.05, 0) is 24.0 Å². The molecule has 0 saturated heterocycles. The molecule has 22 heavy (non-hydrogen) atoms. The lowest BCUT2D eigenvalue weighted by atomic mass is 10.1. The van der Waals surface area contributed by atoms with Gasteiger partial charge in [0.1, 0.15) is 0 Å². The van der Waals surface area contributed by atoms with E-state index in [0.717, 1.165) is 18.4 Å². The second kappa shape index (κ2) is 5.14. The van der Waals surface area contributed by atoms with Crippen molar-refractivity contribution in [3.63, 3.8) is 0 Å². The van der Waals surface area contributed by atoms with Crippen LogP contribution in [0.5, 0.6) is 0 Å². The fourth-order valence-corrected chi connectivity index (χ4v) is 2.87. The average molecular weight is 293 g/mol. The Balaban J connectivity index is 1.47. The van der Waals surface area contributed by atoms with Crippen molar-refractivity contribution in [2.75, 3.05) is 5.32 Å². The lowest BCUT2D eigenvalue weighted by Crippen LogP contribution is -2.20. The van der Waals surface area contributed by atoms with Crippen LogP contribution in [-0.2, 0) is 12.8 Å². The third-order valence-corrected chi connectivity index (χ3v) is 3.94. The summed E-state index contributed by atoms with van der Waals surface area (Å²) in [6.45, 7) is 0. The van der Waals surface area contributed by atoms with Gasteiger partial charge in [-0.15, -0.1) is 0 Å². The van der Waals surface area contributed by atoms with Crippen LogP contribution in [0.15, 0.2) is 47.7 Å². The third-order valence-electron chi connectivity index (χ3n) is 3.94. The van der Waals surface area contributed by atoms with Crippen LogP contribution in [-0.4, -0.2) is 26.0 Å². The number of benzene rings is 1. The molecule has 110 valence electrons. The van der Waals surface area contributed by atoms with Crippen molar-refractivity contribution in [3.05, 3.63) is 64.5 Å². The van der Waals surface area contributed by atoms with E-state index in [-0.39, 0.29) is 5.69 Å². The van der Waals surface area contributed by atoms with Crippen molar-refractivity contribution >= 4 is 5.95 Å². The molecular formula is C16H15N5O. The highest BCUT2D eigenvalue weighted by Gasteiger charge is 2.21. The molecule has 3 N–H and O–H groups in total. The van der Waals surface area contributed by atoms with Gasteiger partial charge in [-0.1, -0.05) is 24.3 Å². The highest BCUT2D eigenvalue weighted by atomic mass is 16.1. The molecule has 4 rings (SSSR count). The van der Waals surface area contributed by atoms with E-state index in [2.05, 4.69) is 49.5 Å². The second-order valence-electron chi connectivity index (χ2n) is 5.47. The van der Waals surface area contributed by atoms with Gasteiger partial charge in [-0.25, -0.2) is 14.8 Å². The van der Waals surface area contributed by atoms with Crippen molar-refractivity contribution in [3.8, 4) is 11.3 Å². The summed E-state index contributed by atoms with van der Waals surface area (Å²) in [5.41, 5.74) is 4.01. The number of hydrogen-bond acceptors (Lipinski definition) is 4. The average Bonchev–Trinajstić information content (AvgIpc) is 3.13. The zero-order valence-electron chi connectivity index (χ0n) is 11.8. The predicted molar refractivity (Wildman–Crippen MR) is 83.7 cm³/mol. The molecule has 1 aliphatic carbocycles. The molecule has 0 bridgehead atoms. The maximum Gasteiger partial charge on any atom is 0.323 e. The van der Waals surface area contributed by atoms with Gasteiger partial charge in [-0.2, -0.15) is 0 Å². The van der Waals surface area contributed by atoms with Gasteiger partial charge in [0.15, 0.2) is 0 Å². The smallest absolute Gasteiger partial charge is 0.323 e. The standard InChI is InChI=1S/C16H15N5O/c22-16-19-9-14(21-16)12-7-17-15(18-8-12)20-13-5-10-3-1-2-4-11(10)6-13/h1-4,7-9,13H,5-6H2,(H,17,18,20)(H2,19,21,22). The zero-order valence-corrected chi connectivity index (χ0v) is 11.8. The van der Waals surface area contributed by atoms with Crippen LogP contribution in [0.1, 0.15) is 11.1 Å². The highest BCUT2D eigenvalue weighted by Crippen LogP contribution is 2.23. The van der Waals surface area contributed by atoms with E-state index >= 15 is 0 Å². The summed E-state index contributed by atoms with van der Waals surface area (Å²) in [7, 11) is 0. The van der Waals surface area contributed by atoms with Gasteiger partial charge in [0, 0.05) is 30.2 Å². The molecule has 6 heteroatoms. The molecule has 0 radical (unpaired) electrons. The molecule has 3 aromatic rings. The summed E-state index contributed by atoms with van der Waals surface area (Å²) in [5.74, 6) is 0.611. The quantitative estimate of drug-likeness (QED) is 0.686. The Hall–Kier alpha value is -2.89. The summed E-state index contributed by atoms with van der Waals surface area (Å²) in [5, 5.41) is 3.37. The fourth-order valence-electron chi connectivity index (χ4n) is 2.87. The van der Waals surface area contributed by atoms with Crippen LogP contribution in [0.25, 0.3) is 11.3 Å². The molecule has 0 atom stereocenters. The Bertz CT molecular complexity index is 824. The molecule has 2 aromatic heterocycles. The number of anilines is 1. The molecule has 0 aliphatic heterocycles. The first-order valence-corrected chi connectivity index (χ1v) is 7.21. The van der Waals surface area contributed by atoms with Crippen LogP contribution < -0.4 is 11.0 Å². The molecule has 0 fully saturated rings. The summed E-state index contributed by atoms with van der Waals surface area (Å²) < 4.78 is 0. The monoisotopic (exact) mass is 293 g/mol. The van der Waals surface area contributed by atoms with Crippen molar-refractivity contribution in [2.45, 2.75) is 18.9 Å². The molecule has 0 amide bonds. The van der Waals surface area contributed by atoms with Crippen molar-refractivity contribution in [1.29, 1.82) is 0 Å². The molecule has 6 nitrogen and oxygen atoms in total. The largest absolute Gasteiger partial charge is 0.351 e. The number of aromatic amines is 2. The summed E-state index contributed by atoms with van der Waals surface area (Å²) in [4.78, 5) is 25.0. The van der Waals surface area contributed by atoms with E-state index in [9.17, 15) is 4.79 Å². The Kier molecular flexibility index (Phi) is 3.00. The topological polar surface area (TPSA) is 86.5 Å². The minimum atomic E-state index is -0.235. The SMILES string of the molecule is O=c1[nH]cc(-c2cnc(NC3Cc4ccccc4C3)nc2)[nH]1. The lowest BCUT2D eigenvalue weighted by Gasteiger charge is -2.11. The first-order chi connectivity index (χ1) is 10.8. The van der Waals surface area contributed by atoms with E-state index in [1.165, 1.54) is 11.1 Å². The Morgan fingerprint density at radius 1 is 1.09 bits per heavy atom. The minimum absolute atomic E-state index is 0.235. The molecular weight excluding hydrogens is 278 g/mol. The fraction of sp³-hybridized carbons (Fsp3) is 0.188. The van der Waals surface area contributed by atoms with Crippen LogP contribution in [0.3, 0.4) is 0 Å². The van der Waals surface area contributed by atoms with Crippen molar-refractivity contribution < 1.29 is 0 Å². The summed E-state index contributed by atoms with van der Waals surface area (Å²) in [6, 6.07) is 8.82. The molecule has 0 saturated carbocycles. The number of H-pyrrole nitrogens is 2. The Morgan fingerprint density at radius 3 is 2.36 bits per heavy atom. The van der Waals surface area contributed by atoms with E-state index in [1.54, 1.807) is 18.6 Å². The lowest BCUT2D eigenvalue weighted by molar-refractivity contribution is 0.761. The van der Waals surface area contributed by atoms with Gasteiger partial charge in [0.05, 0.1) is 5.69 Å². The van der Waals surface area contributed by atoms with Crippen molar-refractivity contribution in [2.24, 2.45) is 0 Å². The van der Waals surface area contributed by atoms with E-state index in [1.807, 2.05) is 0 Å². The number of imidazole rings is 1. The van der Waals surface area contributed by atoms with Crippen molar-refractivity contribution in [1.82, 2.24) is 19.9 Å². The number of aromatic nitrogens is 4. The van der Waals surface area contributed by atoms with Gasteiger partial charge in [-0.3, -0.25) is 0 Å². The van der Waals surface area contributed by atoms with Crippen LogP contribution >= 0.6 is 0 Å². The predicted octanol–water partition coefficient (Wildman–Crippen LogP) is 1.74. The van der Waals surface area contributed by atoms with Gasteiger partial charge >= 0.3 is 5.69 Å². The number of nitrogens with one attached hydrogen (secondary N) is 3. The molecule has 0 spiro atoms. The highest BCUT2D eigenvalue weighted by molar-refractivity contribution is 5.56. The summed E-state index contributed by atoms with van der Waals surface area (Å²) in [6.07, 6.45) is 7.01. The van der Waals surface area contributed by atoms with Crippen LogP contribution in [0, 0.1) is 0 Å². The third kappa shape index (κ3) is 2.39. The maximum absolute atomic E-state index is 11.1. The molecule has 1 aromatic carbocycles. The normalized spacial score (nSPS) is 14.0. The summed E-state index contributed by atoms with van der Waals surface area (Å²) >= 11 is 0. The first kappa shape index (κ1) is 12.8. The second-order valence-corrected chi connectivity index (χ2v) is 5.47. The number of hydrogen-bond donors (Lipinski definition) is 3. The zero-order chi connectivity index (χ0) is 14.9. The molecule has 1 aliphatic rings. The van der Waals surface area contributed by atoms with E-state index in [0.29, 0.717) is 17.7 Å². The maximum atomic E-state index is 11.1. The number of nitrogens with zero attached hydrogens (tertiary/aromatic N) is 2. The van der Waals surface area contributed by atoms with Crippen LogP contribution in [0.4, 0.5) is 5.95 Å². The van der Waals surface area contributed by atoms with E-state index in [4.69, 9.17) is 0 Å². The first-order valence-electron chi connectivity index (χ1n) is 7.21. The number of fused-ring (bicyclic) bond motifs is 1. The van der Waals surface area contributed by atoms with E-state index < -0.39 is 0 Å². The van der Waals surface area contributed by atoms with Crippen LogP contribution in [0.2, 0.25) is 0 Å².